The number of nitrogens with one attached hydrogen (secondary N) is 1. The summed E-state index contributed by atoms with van der Waals surface area (Å²) in [5.74, 6) is 0.560. The van der Waals surface area contributed by atoms with Gasteiger partial charge in [-0.1, -0.05) is 25.3 Å². The molecule has 1 fully saturated rings. The van der Waals surface area contributed by atoms with Crippen molar-refractivity contribution in [1.29, 1.82) is 0 Å². The summed E-state index contributed by atoms with van der Waals surface area (Å²) < 4.78 is 7.27. The van der Waals surface area contributed by atoms with Crippen LogP contribution in [-0.2, 0) is 6.54 Å². The van der Waals surface area contributed by atoms with Gasteiger partial charge in [0.1, 0.15) is 22.6 Å². The van der Waals surface area contributed by atoms with Crippen molar-refractivity contribution in [2.75, 3.05) is 13.6 Å². The zero-order valence-electron chi connectivity index (χ0n) is 17.6. The highest BCUT2D eigenvalue weighted by Gasteiger charge is 2.27. The Labute approximate surface area is 176 Å². The minimum absolute atomic E-state index is 0.00222. The van der Waals surface area contributed by atoms with Crippen molar-refractivity contribution in [3.8, 4) is 0 Å². The van der Waals surface area contributed by atoms with Crippen LogP contribution in [0.1, 0.15) is 64.3 Å². The second-order valence-electron chi connectivity index (χ2n) is 7.81. The van der Waals surface area contributed by atoms with Gasteiger partial charge in [-0.3, -0.25) is 14.4 Å². The molecule has 0 bridgehead atoms. The first-order valence-corrected chi connectivity index (χ1v) is 10.4. The highest BCUT2D eigenvalue weighted by Crippen LogP contribution is 2.22. The van der Waals surface area contributed by atoms with Crippen LogP contribution in [0.4, 0.5) is 0 Å². The van der Waals surface area contributed by atoms with Crippen LogP contribution >= 0.6 is 0 Å². The van der Waals surface area contributed by atoms with E-state index in [9.17, 15) is 14.4 Å². The van der Waals surface area contributed by atoms with E-state index in [-0.39, 0.29) is 29.6 Å². The van der Waals surface area contributed by atoms with E-state index >= 15 is 0 Å². The average molecular weight is 412 g/mol. The summed E-state index contributed by atoms with van der Waals surface area (Å²) in [4.78, 5) is 40.5. The zero-order valence-corrected chi connectivity index (χ0v) is 17.6. The van der Waals surface area contributed by atoms with Gasteiger partial charge in [-0.15, -0.1) is 6.58 Å². The third-order valence-electron chi connectivity index (χ3n) is 5.54. The Hall–Kier alpha value is -3.09. The molecule has 30 heavy (non-hydrogen) atoms. The van der Waals surface area contributed by atoms with Gasteiger partial charge >= 0.3 is 0 Å². The molecule has 1 saturated carbocycles. The molecule has 0 atom stereocenters. The van der Waals surface area contributed by atoms with Gasteiger partial charge in [-0.05, 0) is 31.9 Å². The first kappa shape index (κ1) is 21.6. The molecule has 7 nitrogen and oxygen atoms in total. The largest absolute Gasteiger partial charge is 0.464 e. The summed E-state index contributed by atoms with van der Waals surface area (Å²) in [6.07, 6.45) is 9.72. The summed E-state index contributed by atoms with van der Waals surface area (Å²) in [6.45, 7) is 5.96. The van der Waals surface area contributed by atoms with Gasteiger partial charge in [-0.25, -0.2) is 0 Å². The van der Waals surface area contributed by atoms with Gasteiger partial charge < -0.3 is 19.2 Å². The molecule has 1 aliphatic rings. The topological polar surface area (TPSA) is 84.6 Å². The van der Waals surface area contributed by atoms with E-state index in [0.717, 1.165) is 31.4 Å². The number of furan rings is 1. The summed E-state index contributed by atoms with van der Waals surface area (Å²) >= 11 is 0. The minimum Gasteiger partial charge on any atom is -0.464 e. The molecule has 0 aliphatic heterocycles. The molecule has 0 aromatic carbocycles. The molecule has 0 radical (unpaired) electrons. The second-order valence-corrected chi connectivity index (χ2v) is 7.81. The zero-order chi connectivity index (χ0) is 21.7. The lowest BCUT2D eigenvalue weighted by Gasteiger charge is -2.31. The van der Waals surface area contributed by atoms with Crippen molar-refractivity contribution in [2.45, 2.75) is 51.6 Å². The molecule has 1 N–H and O–H groups in total. The van der Waals surface area contributed by atoms with Crippen LogP contribution in [0.25, 0.3) is 0 Å². The molecule has 2 aromatic rings. The number of hydrogen-bond acceptors (Lipinski definition) is 4. The van der Waals surface area contributed by atoms with E-state index in [0.29, 0.717) is 12.3 Å². The van der Waals surface area contributed by atoms with Gasteiger partial charge in [-0.2, -0.15) is 0 Å². The van der Waals surface area contributed by atoms with E-state index < -0.39 is 11.3 Å². The number of nitrogens with zero attached hydrogens (tertiary/aromatic N) is 2. The fourth-order valence-corrected chi connectivity index (χ4v) is 3.87. The molecule has 0 spiro atoms. The van der Waals surface area contributed by atoms with Crippen LogP contribution in [-0.4, -0.2) is 40.9 Å². The standard InChI is InChI=1S/C23H29N3O4/c1-4-12-24-22(28)19-14-26(13-18-11-10-16(2)30-18)15-20(21(19)27)23(29)25(3)17-8-6-5-7-9-17/h4,10-11,14-15,17H,1,5-9,12-13H2,2-3H3,(H,24,28). The van der Waals surface area contributed by atoms with E-state index in [1.807, 2.05) is 19.1 Å². The number of hydrogen-bond donors (Lipinski definition) is 1. The highest BCUT2D eigenvalue weighted by molar-refractivity contribution is 5.99. The molecule has 1 aliphatic carbocycles. The van der Waals surface area contributed by atoms with E-state index in [1.165, 1.54) is 24.9 Å². The van der Waals surface area contributed by atoms with Crippen molar-refractivity contribution in [2.24, 2.45) is 0 Å². The molecular formula is C23H29N3O4. The molecule has 2 amide bonds. The Kier molecular flexibility index (Phi) is 6.92. The third kappa shape index (κ3) is 4.90. The quantitative estimate of drug-likeness (QED) is 0.710. The molecule has 160 valence electrons. The van der Waals surface area contributed by atoms with Crippen LogP contribution < -0.4 is 10.7 Å². The minimum atomic E-state index is -0.559. The van der Waals surface area contributed by atoms with Crippen molar-refractivity contribution in [1.82, 2.24) is 14.8 Å². The summed E-state index contributed by atoms with van der Waals surface area (Å²) in [7, 11) is 1.74. The number of rotatable bonds is 7. The maximum absolute atomic E-state index is 13.2. The van der Waals surface area contributed by atoms with Crippen LogP contribution in [0.3, 0.4) is 0 Å². The monoisotopic (exact) mass is 411 g/mol. The number of aryl methyl sites for hydroxylation is 1. The summed E-state index contributed by atoms with van der Waals surface area (Å²) in [5.41, 5.74) is -0.628. The Bertz CT molecular complexity index is 983. The Morgan fingerprint density at radius 3 is 2.57 bits per heavy atom. The van der Waals surface area contributed by atoms with Gasteiger partial charge in [0.2, 0.25) is 5.43 Å². The van der Waals surface area contributed by atoms with Crippen molar-refractivity contribution in [3.63, 3.8) is 0 Å². The lowest BCUT2D eigenvalue weighted by molar-refractivity contribution is 0.0694. The van der Waals surface area contributed by atoms with E-state index in [1.54, 1.807) is 16.5 Å². The van der Waals surface area contributed by atoms with Crippen molar-refractivity contribution < 1.29 is 14.0 Å². The van der Waals surface area contributed by atoms with Crippen LogP contribution in [0.15, 0.2) is 46.4 Å². The lowest BCUT2D eigenvalue weighted by Crippen LogP contribution is -2.41. The molecule has 0 unspecified atom stereocenters. The van der Waals surface area contributed by atoms with Gasteiger partial charge in [0.15, 0.2) is 0 Å². The smallest absolute Gasteiger partial charge is 0.259 e. The predicted molar refractivity (Wildman–Crippen MR) is 115 cm³/mol. The summed E-state index contributed by atoms with van der Waals surface area (Å²) in [6, 6.07) is 3.80. The fraction of sp³-hybridized carbons (Fsp3) is 0.435. The maximum Gasteiger partial charge on any atom is 0.259 e. The third-order valence-corrected chi connectivity index (χ3v) is 5.54. The number of pyridine rings is 1. The number of carbonyl (C=O) groups is 2. The summed E-state index contributed by atoms with van der Waals surface area (Å²) in [5, 5.41) is 2.62. The first-order chi connectivity index (χ1) is 14.4. The number of amides is 2. The average Bonchev–Trinajstić information content (AvgIpc) is 3.17. The Morgan fingerprint density at radius 1 is 1.23 bits per heavy atom. The van der Waals surface area contributed by atoms with Crippen LogP contribution in [0.5, 0.6) is 0 Å². The Balaban J connectivity index is 1.97. The SMILES string of the molecule is C=CCNC(=O)c1cn(Cc2ccc(C)o2)cc(C(=O)N(C)C2CCCCC2)c1=O. The molecule has 2 aromatic heterocycles. The lowest BCUT2D eigenvalue weighted by atomic mass is 9.94. The molecule has 3 rings (SSSR count). The number of aromatic nitrogens is 1. The van der Waals surface area contributed by atoms with Crippen LogP contribution in [0, 0.1) is 6.92 Å². The van der Waals surface area contributed by atoms with Crippen LogP contribution in [0.2, 0.25) is 0 Å². The normalized spacial score (nSPS) is 14.3. The van der Waals surface area contributed by atoms with Crippen molar-refractivity contribution >= 4 is 11.8 Å². The maximum atomic E-state index is 13.2. The first-order valence-electron chi connectivity index (χ1n) is 10.4. The predicted octanol–water partition coefficient (Wildman–Crippen LogP) is 3.12. The number of carbonyl (C=O) groups excluding carboxylic acids is 2. The Morgan fingerprint density at radius 2 is 1.93 bits per heavy atom. The second kappa shape index (κ2) is 9.61. The van der Waals surface area contributed by atoms with E-state index in [2.05, 4.69) is 11.9 Å². The molecule has 7 heteroatoms. The molecule has 0 saturated heterocycles. The van der Waals surface area contributed by atoms with Gasteiger partial charge in [0, 0.05) is 32.0 Å². The molecule has 2 heterocycles. The van der Waals surface area contributed by atoms with E-state index in [4.69, 9.17) is 4.42 Å². The fourth-order valence-electron chi connectivity index (χ4n) is 3.87. The van der Waals surface area contributed by atoms with Gasteiger partial charge in [0.05, 0.1) is 6.54 Å². The van der Waals surface area contributed by atoms with Gasteiger partial charge in [0.25, 0.3) is 11.8 Å². The molecular weight excluding hydrogens is 382 g/mol. The van der Waals surface area contributed by atoms with Crippen molar-refractivity contribution in [3.05, 3.63) is 70.1 Å². The highest BCUT2D eigenvalue weighted by atomic mass is 16.3.